The second-order valence-electron chi connectivity index (χ2n) is 3.57. The van der Waals surface area contributed by atoms with Crippen LogP contribution in [0.1, 0.15) is 11.1 Å². The Morgan fingerprint density at radius 3 is 2.56 bits per heavy atom. The maximum absolute atomic E-state index is 12.8. The minimum Gasteiger partial charge on any atom is -0.454 e. The van der Waals surface area contributed by atoms with E-state index in [-0.39, 0.29) is 23.9 Å². The normalized spacial score (nSPS) is 14.8. The van der Waals surface area contributed by atoms with Gasteiger partial charge in [-0.15, -0.1) is 0 Å². The Balaban J connectivity index is 2.46. The summed E-state index contributed by atoms with van der Waals surface area (Å²) in [6, 6.07) is 2.18. The zero-order chi connectivity index (χ0) is 13.3. The third-order valence-corrected chi connectivity index (χ3v) is 2.26. The molecule has 1 aliphatic heterocycles. The van der Waals surface area contributed by atoms with Gasteiger partial charge in [0.2, 0.25) is 6.79 Å². The van der Waals surface area contributed by atoms with E-state index >= 15 is 0 Å². The average Bonchev–Trinajstić information content (AvgIpc) is 2.71. The van der Waals surface area contributed by atoms with E-state index in [1.165, 1.54) is 6.07 Å². The predicted molar refractivity (Wildman–Crippen MR) is 54.8 cm³/mol. The fourth-order valence-corrected chi connectivity index (χ4v) is 1.54. The van der Waals surface area contributed by atoms with E-state index in [1.807, 2.05) is 0 Å². The molecule has 0 fully saturated rings. The summed E-state index contributed by atoms with van der Waals surface area (Å²) in [6.07, 6.45) is -4.20. The highest BCUT2D eigenvalue weighted by Crippen LogP contribution is 2.45. The van der Waals surface area contributed by atoms with Crippen LogP contribution in [-0.4, -0.2) is 23.3 Å². The largest absolute Gasteiger partial charge is 0.454 e. The number of hydrogen-bond acceptors (Lipinski definition) is 4. The molecule has 0 unspecified atom stereocenters. The van der Waals surface area contributed by atoms with Crippen molar-refractivity contribution in [3.05, 3.63) is 29.3 Å². The summed E-state index contributed by atoms with van der Waals surface area (Å²) in [5, 5.41) is 17.3. The number of benzene rings is 1. The van der Waals surface area contributed by atoms with Gasteiger partial charge in [-0.25, -0.2) is 0 Å². The van der Waals surface area contributed by atoms with E-state index in [1.54, 1.807) is 0 Å². The monoisotopic (exact) mass is 262 g/mol. The first-order chi connectivity index (χ1) is 8.38. The van der Waals surface area contributed by atoms with Crippen LogP contribution in [-0.2, 0) is 6.18 Å². The number of ether oxygens (including phenoxy) is 2. The maximum Gasteiger partial charge on any atom is 0.420 e. The van der Waals surface area contributed by atoms with Crippen LogP contribution in [0.15, 0.2) is 18.2 Å². The van der Waals surface area contributed by atoms with Crippen molar-refractivity contribution in [2.75, 3.05) is 6.79 Å². The molecule has 4 nitrogen and oxygen atoms in total. The average molecular weight is 262 g/mol. The van der Waals surface area contributed by atoms with Crippen molar-refractivity contribution in [2.45, 2.75) is 12.5 Å². The van der Waals surface area contributed by atoms with Gasteiger partial charge in [-0.3, -0.25) is 0 Å². The highest BCUT2D eigenvalue weighted by molar-refractivity contribution is 5.60. The zero-order valence-corrected chi connectivity index (χ0v) is 8.94. The molecule has 1 heterocycles. The summed E-state index contributed by atoms with van der Waals surface area (Å²) < 4.78 is 48.0. The van der Waals surface area contributed by atoms with Crippen LogP contribution in [0.3, 0.4) is 0 Å². The number of fused-ring (bicyclic) bond motifs is 1. The number of aliphatic hydroxyl groups is 2. The number of alkyl halides is 3. The molecule has 1 aromatic carbocycles. The SMILES string of the molecule is OC(O)/C=C/c1cc2c(c(C(F)(F)F)c1)OCO2. The summed E-state index contributed by atoms with van der Waals surface area (Å²) in [7, 11) is 0. The molecule has 2 N–H and O–H groups in total. The molecular weight excluding hydrogens is 253 g/mol. The molecule has 1 aliphatic rings. The Morgan fingerprint density at radius 2 is 1.94 bits per heavy atom. The third-order valence-electron chi connectivity index (χ3n) is 2.26. The molecule has 18 heavy (non-hydrogen) atoms. The van der Waals surface area contributed by atoms with E-state index in [0.717, 1.165) is 18.2 Å². The Kier molecular flexibility index (Phi) is 3.18. The van der Waals surface area contributed by atoms with Crippen molar-refractivity contribution in [1.29, 1.82) is 0 Å². The molecule has 0 saturated heterocycles. The van der Waals surface area contributed by atoms with Gasteiger partial charge in [0.1, 0.15) is 5.56 Å². The molecule has 0 spiro atoms. The van der Waals surface area contributed by atoms with Gasteiger partial charge in [0, 0.05) is 0 Å². The van der Waals surface area contributed by atoms with Crippen LogP contribution in [0.4, 0.5) is 13.2 Å². The Bertz CT molecular complexity index is 480. The molecule has 0 radical (unpaired) electrons. The first kappa shape index (κ1) is 12.7. The first-order valence-corrected chi connectivity index (χ1v) is 4.93. The number of halogens is 3. The Hall–Kier alpha value is -1.73. The van der Waals surface area contributed by atoms with Crippen molar-refractivity contribution in [3.8, 4) is 11.5 Å². The van der Waals surface area contributed by atoms with Crippen LogP contribution in [0.25, 0.3) is 6.08 Å². The van der Waals surface area contributed by atoms with Crippen molar-refractivity contribution in [1.82, 2.24) is 0 Å². The molecule has 0 aromatic heterocycles. The van der Waals surface area contributed by atoms with Crippen LogP contribution in [0.5, 0.6) is 11.5 Å². The number of aliphatic hydroxyl groups excluding tert-OH is 1. The first-order valence-electron chi connectivity index (χ1n) is 4.93. The zero-order valence-electron chi connectivity index (χ0n) is 8.94. The van der Waals surface area contributed by atoms with Crippen molar-refractivity contribution >= 4 is 6.08 Å². The summed E-state index contributed by atoms with van der Waals surface area (Å²) >= 11 is 0. The quantitative estimate of drug-likeness (QED) is 0.797. The minimum absolute atomic E-state index is 0.0168. The number of hydrogen-bond donors (Lipinski definition) is 2. The fraction of sp³-hybridized carbons (Fsp3) is 0.273. The van der Waals surface area contributed by atoms with Gasteiger partial charge in [0.15, 0.2) is 17.8 Å². The molecule has 98 valence electrons. The highest BCUT2D eigenvalue weighted by atomic mass is 19.4. The van der Waals surface area contributed by atoms with Crippen molar-refractivity contribution in [2.24, 2.45) is 0 Å². The lowest BCUT2D eigenvalue weighted by molar-refractivity contribution is -0.138. The summed E-state index contributed by atoms with van der Waals surface area (Å²) in [5.74, 6) is -0.360. The molecule has 2 rings (SSSR count). The number of rotatable bonds is 2. The Labute approximate surface area is 99.9 Å². The Morgan fingerprint density at radius 1 is 1.22 bits per heavy atom. The van der Waals surface area contributed by atoms with E-state index in [2.05, 4.69) is 0 Å². The minimum atomic E-state index is -4.57. The van der Waals surface area contributed by atoms with Crippen LogP contribution >= 0.6 is 0 Å². The lowest BCUT2D eigenvalue weighted by Gasteiger charge is -2.10. The van der Waals surface area contributed by atoms with E-state index in [0.29, 0.717) is 0 Å². The second-order valence-corrected chi connectivity index (χ2v) is 3.57. The molecule has 0 saturated carbocycles. The van der Waals surface area contributed by atoms with E-state index in [4.69, 9.17) is 19.7 Å². The second kappa shape index (κ2) is 4.51. The van der Waals surface area contributed by atoms with Gasteiger partial charge in [-0.1, -0.05) is 6.08 Å². The molecule has 0 amide bonds. The van der Waals surface area contributed by atoms with Crippen molar-refractivity contribution < 1.29 is 32.9 Å². The molecule has 0 aliphatic carbocycles. The van der Waals surface area contributed by atoms with E-state index < -0.39 is 18.0 Å². The van der Waals surface area contributed by atoms with Gasteiger partial charge >= 0.3 is 6.18 Å². The van der Waals surface area contributed by atoms with Crippen LogP contribution in [0.2, 0.25) is 0 Å². The predicted octanol–water partition coefficient (Wildman–Crippen LogP) is 1.76. The summed E-state index contributed by atoms with van der Waals surface area (Å²) in [4.78, 5) is 0. The topological polar surface area (TPSA) is 58.9 Å². The lowest BCUT2D eigenvalue weighted by atomic mass is 10.1. The summed E-state index contributed by atoms with van der Waals surface area (Å²) in [6.45, 7) is -0.270. The standard InChI is InChI=1S/C11H9F3O4/c12-11(13,14)7-3-6(1-2-9(15)16)4-8-10(7)18-5-17-8/h1-4,9,15-16H,5H2/b2-1+. The van der Waals surface area contributed by atoms with Gasteiger partial charge in [0.05, 0.1) is 0 Å². The van der Waals surface area contributed by atoms with Gasteiger partial charge in [-0.2, -0.15) is 13.2 Å². The maximum atomic E-state index is 12.8. The molecule has 0 bridgehead atoms. The van der Waals surface area contributed by atoms with Crippen molar-refractivity contribution in [3.63, 3.8) is 0 Å². The van der Waals surface area contributed by atoms with Gasteiger partial charge in [0.25, 0.3) is 0 Å². The molecular formula is C11H9F3O4. The lowest BCUT2D eigenvalue weighted by Crippen LogP contribution is -2.07. The fourth-order valence-electron chi connectivity index (χ4n) is 1.54. The molecule has 1 aromatic rings. The van der Waals surface area contributed by atoms with Crippen LogP contribution < -0.4 is 9.47 Å². The molecule has 0 atom stereocenters. The molecule has 7 heteroatoms. The van der Waals surface area contributed by atoms with E-state index in [9.17, 15) is 13.2 Å². The van der Waals surface area contributed by atoms with Crippen LogP contribution in [0, 0.1) is 0 Å². The van der Waals surface area contributed by atoms with Gasteiger partial charge in [-0.05, 0) is 23.8 Å². The smallest absolute Gasteiger partial charge is 0.420 e. The highest BCUT2D eigenvalue weighted by Gasteiger charge is 2.38. The van der Waals surface area contributed by atoms with Gasteiger partial charge < -0.3 is 19.7 Å². The third kappa shape index (κ3) is 2.57. The summed E-state index contributed by atoms with van der Waals surface area (Å²) in [5.41, 5.74) is -0.816.